The van der Waals surface area contributed by atoms with Crippen LogP contribution < -0.4 is 0 Å². The molecule has 1 rings (SSSR count). The van der Waals surface area contributed by atoms with Gasteiger partial charge in [-0.3, -0.25) is 0 Å². The Kier molecular flexibility index (Phi) is 3.65. The number of carbonyl (C=O) groups is 1. The number of nitrogens with zero attached hydrogens (tertiary/aromatic N) is 1. The molecule has 0 spiro atoms. The molecule has 0 atom stereocenters. The molecule has 0 fully saturated rings. The first kappa shape index (κ1) is 10.7. The Labute approximate surface area is 94.8 Å². The van der Waals surface area contributed by atoms with E-state index < -0.39 is 5.97 Å². The lowest BCUT2D eigenvalue weighted by atomic mass is 10.1. The summed E-state index contributed by atoms with van der Waals surface area (Å²) in [5.41, 5.74) is 0.782. The van der Waals surface area contributed by atoms with Crippen LogP contribution in [0.25, 0.3) is 5.57 Å². The highest BCUT2D eigenvalue weighted by Gasteiger charge is 2.02. The predicted molar refractivity (Wildman–Crippen MR) is 60.4 cm³/mol. The number of allylic oxidation sites excluding steroid dienone is 1. The number of carboxylic acids is 1. The van der Waals surface area contributed by atoms with E-state index in [4.69, 9.17) is 10.4 Å². The second kappa shape index (κ2) is 4.77. The zero-order valence-electron chi connectivity index (χ0n) is 7.07. The van der Waals surface area contributed by atoms with Crippen molar-refractivity contribution in [3.63, 3.8) is 0 Å². The first-order valence-corrected chi connectivity index (χ1v) is 4.82. The van der Waals surface area contributed by atoms with Crippen LogP contribution in [0.1, 0.15) is 5.56 Å². The lowest BCUT2D eigenvalue weighted by Gasteiger charge is -1.97. The number of benzene rings is 1. The third-order valence-corrected chi connectivity index (χ3v) is 2.26. The van der Waals surface area contributed by atoms with E-state index in [0.29, 0.717) is 5.56 Å². The lowest BCUT2D eigenvalue weighted by Crippen LogP contribution is -1.91. The summed E-state index contributed by atoms with van der Waals surface area (Å²) in [6, 6.07) is 8.94. The molecule has 1 N–H and O–H groups in total. The molecule has 0 saturated carbocycles. The van der Waals surface area contributed by atoms with Gasteiger partial charge < -0.3 is 5.11 Å². The molecule has 1 aromatic rings. The predicted octanol–water partition coefficient (Wildman–Crippen LogP) is 2.28. The number of hydrogen-bond donors (Lipinski definition) is 1. The minimum absolute atomic E-state index is 0.161. The summed E-state index contributed by atoms with van der Waals surface area (Å²) in [5, 5.41) is 17.2. The lowest BCUT2D eigenvalue weighted by molar-refractivity contribution is -0.131. The van der Waals surface area contributed by atoms with Crippen LogP contribution in [0.4, 0.5) is 0 Å². The van der Waals surface area contributed by atoms with Crippen molar-refractivity contribution >= 4 is 34.1 Å². The van der Waals surface area contributed by atoms with Crippen LogP contribution in [0.15, 0.2) is 30.3 Å². The zero-order valence-corrected chi connectivity index (χ0v) is 9.22. The van der Waals surface area contributed by atoms with Gasteiger partial charge in [0.15, 0.2) is 0 Å². The largest absolute Gasteiger partial charge is 0.478 e. The molecule has 0 bridgehead atoms. The normalized spacial score (nSPS) is 10.7. The third kappa shape index (κ3) is 2.85. The molecule has 0 heterocycles. The molecule has 0 amide bonds. The van der Waals surface area contributed by atoms with Gasteiger partial charge in [0.2, 0.25) is 0 Å². The van der Waals surface area contributed by atoms with E-state index in [-0.39, 0.29) is 5.57 Å². The molecule has 1 aromatic carbocycles. The van der Waals surface area contributed by atoms with E-state index in [1.807, 2.05) is 18.2 Å². The van der Waals surface area contributed by atoms with Gasteiger partial charge in [-0.05, 0) is 40.3 Å². The Morgan fingerprint density at radius 2 is 2.00 bits per heavy atom. The summed E-state index contributed by atoms with van der Waals surface area (Å²) in [5.74, 6) is -1.11. The van der Waals surface area contributed by atoms with Crippen molar-refractivity contribution in [2.75, 3.05) is 0 Å². The minimum Gasteiger partial charge on any atom is -0.478 e. The monoisotopic (exact) mass is 299 g/mol. The second-order valence-electron chi connectivity index (χ2n) is 2.51. The van der Waals surface area contributed by atoms with E-state index in [9.17, 15) is 4.79 Å². The Morgan fingerprint density at radius 3 is 2.43 bits per heavy atom. The van der Waals surface area contributed by atoms with Gasteiger partial charge in [-0.1, -0.05) is 12.1 Å². The van der Waals surface area contributed by atoms with Gasteiger partial charge in [0.1, 0.15) is 6.07 Å². The van der Waals surface area contributed by atoms with Crippen LogP contribution in [-0.2, 0) is 4.79 Å². The fourth-order valence-corrected chi connectivity index (χ4v) is 1.29. The topological polar surface area (TPSA) is 61.1 Å². The van der Waals surface area contributed by atoms with E-state index in [0.717, 1.165) is 9.65 Å². The van der Waals surface area contributed by atoms with E-state index in [1.54, 1.807) is 12.1 Å². The van der Waals surface area contributed by atoms with Crippen LogP contribution in [0, 0.1) is 14.9 Å². The van der Waals surface area contributed by atoms with Crippen molar-refractivity contribution in [1.29, 1.82) is 5.26 Å². The van der Waals surface area contributed by atoms with E-state index in [2.05, 4.69) is 22.6 Å². The van der Waals surface area contributed by atoms with Gasteiger partial charge in [0.25, 0.3) is 0 Å². The standard InChI is InChI=1S/C10H6INO2/c11-9-3-1-7(2-4-9)8(6-12)5-10(13)14/h1-5H,(H,13,14). The average molecular weight is 299 g/mol. The molecule has 3 nitrogen and oxygen atoms in total. The highest BCUT2D eigenvalue weighted by Crippen LogP contribution is 2.15. The maximum atomic E-state index is 10.4. The van der Waals surface area contributed by atoms with Gasteiger partial charge in [0, 0.05) is 9.65 Å². The Morgan fingerprint density at radius 1 is 1.43 bits per heavy atom. The van der Waals surface area contributed by atoms with Crippen LogP contribution >= 0.6 is 22.6 Å². The third-order valence-electron chi connectivity index (χ3n) is 1.54. The molecule has 0 aliphatic heterocycles. The number of aliphatic carboxylic acids is 1. The van der Waals surface area contributed by atoms with Gasteiger partial charge in [-0.25, -0.2) is 4.79 Å². The molecule has 4 heteroatoms. The van der Waals surface area contributed by atoms with Crippen molar-refractivity contribution in [3.05, 3.63) is 39.5 Å². The Bertz CT molecular complexity index is 415. The zero-order chi connectivity index (χ0) is 10.6. The van der Waals surface area contributed by atoms with Crippen LogP contribution in [0.3, 0.4) is 0 Å². The molecule has 0 radical (unpaired) electrons. The SMILES string of the molecule is N#CC(=CC(=O)O)c1ccc(I)cc1. The smallest absolute Gasteiger partial charge is 0.329 e. The van der Waals surface area contributed by atoms with Gasteiger partial charge in [-0.2, -0.15) is 5.26 Å². The molecule has 0 saturated heterocycles. The van der Waals surface area contributed by atoms with Gasteiger partial charge in [-0.15, -0.1) is 0 Å². The number of carboxylic acid groups (broad SMARTS) is 1. The molecule has 0 aliphatic rings. The molecule has 0 unspecified atom stereocenters. The average Bonchev–Trinajstić information content (AvgIpc) is 2.15. The number of hydrogen-bond acceptors (Lipinski definition) is 2. The Hall–Kier alpha value is -1.35. The summed E-state index contributed by atoms with van der Waals surface area (Å²) in [4.78, 5) is 10.4. The molecule has 70 valence electrons. The van der Waals surface area contributed by atoms with Crippen molar-refractivity contribution in [2.24, 2.45) is 0 Å². The quantitative estimate of drug-likeness (QED) is 0.518. The highest BCUT2D eigenvalue weighted by atomic mass is 127. The van der Waals surface area contributed by atoms with Crippen molar-refractivity contribution < 1.29 is 9.90 Å². The van der Waals surface area contributed by atoms with Crippen LogP contribution in [0.2, 0.25) is 0 Å². The molecular formula is C10H6INO2. The number of nitriles is 1. The molecule has 0 aromatic heterocycles. The number of rotatable bonds is 2. The summed E-state index contributed by atoms with van der Waals surface area (Å²) < 4.78 is 1.04. The summed E-state index contributed by atoms with van der Waals surface area (Å²) in [6.07, 6.45) is 0.905. The fourth-order valence-electron chi connectivity index (χ4n) is 0.933. The summed E-state index contributed by atoms with van der Waals surface area (Å²) >= 11 is 2.14. The second-order valence-corrected chi connectivity index (χ2v) is 3.76. The van der Waals surface area contributed by atoms with E-state index in [1.165, 1.54) is 0 Å². The summed E-state index contributed by atoms with van der Waals surface area (Å²) in [6.45, 7) is 0. The summed E-state index contributed by atoms with van der Waals surface area (Å²) in [7, 11) is 0. The molecule has 0 aliphatic carbocycles. The van der Waals surface area contributed by atoms with Crippen molar-refractivity contribution in [2.45, 2.75) is 0 Å². The van der Waals surface area contributed by atoms with Crippen molar-refractivity contribution in [1.82, 2.24) is 0 Å². The van der Waals surface area contributed by atoms with E-state index >= 15 is 0 Å². The number of halogens is 1. The molecular weight excluding hydrogens is 293 g/mol. The van der Waals surface area contributed by atoms with Crippen molar-refractivity contribution in [3.8, 4) is 6.07 Å². The van der Waals surface area contributed by atoms with Gasteiger partial charge >= 0.3 is 5.97 Å². The van der Waals surface area contributed by atoms with Crippen LogP contribution in [-0.4, -0.2) is 11.1 Å². The Balaban J connectivity index is 3.09. The van der Waals surface area contributed by atoms with Crippen LogP contribution in [0.5, 0.6) is 0 Å². The maximum Gasteiger partial charge on any atom is 0.329 e. The minimum atomic E-state index is -1.11. The first-order chi connectivity index (χ1) is 6.63. The maximum absolute atomic E-state index is 10.4. The fraction of sp³-hybridized carbons (Fsp3) is 0. The first-order valence-electron chi connectivity index (χ1n) is 3.74. The highest BCUT2D eigenvalue weighted by molar-refractivity contribution is 14.1. The molecule has 14 heavy (non-hydrogen) atoms. The van der Waals surface area contributed by atoms with Gasteiger partial charge in [0.05, 0.1) is 5.57 Å².